The summed E-state index contributed by atoms with van der Waals surface area (Å²) in [6.45, 7) is 3.33. The lowest BCUT2D eigenvalue weighted by molar-refractivity contribution is -0.192. The van der Waals surface area contributed by atoms with E-state index in [9.17, 15) is 33.0 Å². The van der Waals surface area contributed by atoms with E-state index < -0.39 is 36.4 Å². The maximum Gasteiger partial charge on any atom is 0.490 e. The van der Waals surface area contributed by atoms with Crippen molar-refractivity contribution >= 4 is 46.7 Å². The number of carbonyl (C=O) groups excluding carboxylic acids is 2. The first-order chi connectivity index (χ1) is 27.8. The summed E-state index contributed by atoms with van der Waals surface area (Å²) in [5, 5.41) is 41.4. The molecule has 0 unspecified atom stereocenters. The molecule has 7 N–H and O–H groups in total. The van der Waals surface area contributed by atoms with Gasteiger partial charge in [0.15, 0.2) is 17.0 Å². The zero-order valence-electron chi connectivity index (χ0n) is 31.3. The molecule has 3 aromatic heterocycles. The van der Waals surface area contributed by atoms with Gasteiger partial charge >= 0.3 is 18.2 Å². The highest BCUT2D eigenvalue weighted by Gasteiger charge is 2.44. The molecule has 0 spiro atoms. The molecule has 19 heteroatoms. The monoisotopic (exact) mass is 804 g/mol. The molecule has 3 amide bonds. The fourth-order valence-corrected chi connectivity index (χ4v) is 6.98. The summed E-state index contributed by atoms with van der Waals surface area (Å²) in [6, 6.07) is 24.1. The Morgan fingerprint density at radius 2 is 1.55 bits per heavy atom. The van der Waals surface area contributed by atoms with Crippen LogP contribution in [-0.4, -0.2) is 108 Å². The number of benzene rings is 2. The number of fused-ring (bicyclic) bond motifs is 1. The van der Waals surface area contributed by atoms with Crippen molar-refractivity contribution in [2.45, 2.75) is 68.6 Å². The van der Waals surface area contributed by atoms with Crippen molar-refractivity contribution in [1.29, 1.82) is 0 Å². The molecule has 0 radical (unpaired) electrons. The minimum absolute atomic E-state index is 0.00988. The SMILES string of the molecule is CCC(=O)N[C@H]1C[C@@H](n2cnc3c(NCC(c4ccccc4)c4ccccc4)nc(N4CC[C@@H](NC(=O)Nc5ccccn5)C4)nc32)[C@H](O)[C@@H]1O.O=C(O)C(F)(F)F. The van der Waals surface area contributed by atoms with Crippen LogP contribution in [0.2, 0.25) is 0 Å². The van der Waals surface area contributed by atoms with Crippen molar-refractivity contribution in [3.05, 3.63) is 103 Å². The summed E-state index contributed by atoms with van der Waals surface area (Å²) in [5.74, 6) is -1.51. The van der Waals surface area contributed by atoms with E-state index in [1.54, 1.807) is 42.2 Å². The van der Waals surface area contributed by atoms with Gasteiger partial charge in [-0.1, -0.05) is 73.7 Å². The number of nitrogens with one attached hydrogen (secondary N) is 4. The van der Waals surface area contributed by atoms with E-state index in [1.807, 2.05) is 41.3 Å². The summed E-state index contributed by atoms with van der Waals surface area (Å²) >= 11 is 0. The number of carbonyl (C=O) groups is 3. The standard InChI is InChI=1S/C37H42N10O4.C2HF3O2/c1-2-30(48)42-27-19-28(33(50)32(27)49)47-22-40-31-34(39-20-26(23-11-5-3-6-12-23)24-13-7-4-8-14-24)44-36(45-35(31)47)46-18-16-25(21-46)41-37(51)43-29-15-9-10-17-38-29;3-2(4,5)1(6)7/h3-15,17,22,25-28,32-33,49-50H,2,16,18-21H2,1H3,(H,42,48)(H,39,44,45)(H2,38,41,43,51);(H,6,7)/t25-,27+,28-,32-,33+;/m1./s1. The Morgan fingerprint density at radius 3 is 2.16 bits per heavy atom. The molecule has 306 valence electrons. The maximum atomic E-state index is 12.7. The number of aromatic nitrogens is 5. The van der Waals surface area contributed by atoms with Crippen LogP contribution < -0.4 is 26.2 Å². The average Bonchev–Trinajstić information content (AvgIpc) is 3.93. The van der Waals surface area contributed by atoms with E-state index in [1.165, 1.54) is 0 Å². The number of hydrogen-bond donors (Lipinski definition) is 7. The topological polar surface area (TPSA) is 220 Å². The Morgan fingerprint density at radius 1 is 0.897 bits per heavy atom. The second-order valence-electron chi connectivity index (χ2n) is 13.8. The van der Waals surface area contributed by atoms with Crippen LogP contribution in [0.15, 0.2) is 91.4 Å². The smallest absolute Gasteiger partial charge is 0.475 e. The number of carboxylic acids is 1. The van der Waals surface area contributed by atoms with Crippen LogP contribution in [0.1, 0.15) is 49.3 Å². The number of anilines is 3. The van der Waals surface area contributed by atoms with Crippen molar-refractivity contribution in [1.82, 2.24) is 35.1 Å². The van der Waals surface area contributed by atoms with Crippen molar-refractivity contribution in [3.8, 4) is 0 Å². The molecule has 2 aromatic carbocycles. The first-order valence-electron chi connectivity index (χ1n) is 18.6. The van der Waals surface area contributed by atoms with Gasteiger partial charge < -0.3 is 40.7 Å². The molecular weight excluding hydrogens is 761 g/mol. The zero-order chi connectivity index (χ0) is 41.4. The molecule has 2 fully saturated rings. The normalized spacial score (nSPS) is 20.3. The predicted molar refractivity (Wildman–Crippen MR) is 207 cm³/mol. The third kappa shape index (κ3) is 9.96. The van der Waals surface area contributed by atoms with E-state index in [0.29, 0.717) is 61.2 Å². The van der Waals surface area contributed by atoms with Gasteiger partial charge in [-0.2, -0.15) is 23.1 Å². The number of urea groups is 1. The summed E-state index contributed by atoms with van der Waals surface area (Å²) in [4.78, 5) is 54.7. The molecule has 1 aliphatic carbocycles. The minimum Gasteiger partial charge on any atom is -0.475 e. The van der Waals surface area contributed by atoms with Crippen molar-refractivity contribution in [3.63, 3.8) is 0 Å². The van der Waals surface area contributed by atoms with Crippen molar-refractivity contribution in [2.24, 2.45) is 0 Å². The van der Waals surface area contributed by atoms with Crippen LogP contribution in [0, 0.1) is 0 Å². The number of aliphatic hydroxyl groups excluding tert-OH is 2. The number of nitrogens with zero attached hydrogens (tertiary/aromatic N) is 6. The lowest BCUT2D eigenvalue weighted by Crippen LogP contribution is -2.42. The number of alkyl halides is 3. The molecule has 0 bridgehead atoms. The van der Waals surface area contributed by atoms with Crippen LogP contribution in [0.4, 0.5) is 35.5 Å². The second kappa shape index (κ2) is 18.3. The number of imidazole rings is 1. The number of rotatable bonds is 11. The zero-order valence-corrected chi connectivity index (χ0v) is 31.3. The molecule has 58 heavy (non-hydrogen) atoms. The van der Waals surface area contributed by atoms with E-state index >= 15 is 0 Å². The lowest BCUT2D eigenvalue weighted by Gasteiger charge is -2.22. The van der Waals surface area contributed by atoms with Gasteiger partial charge in [0.1, 0.15) is 18.0 Å². The number of amides is 3. The van der Waals surface area contributed by atoms with Gasteiger partial charge in [0, 0.05) is 44.2 Å². The average molecular weight is 805 g/mol. The Bertz CT molecular complexity index is 2120. The second-order valence-corrected chi connectivity index (χ2v) is 13.8. The first-order valence-corrected chi connectivity index (χ1v) is 18.6. The number of carboxylic acid groups (broad SMARTS) is 1. The van der Waals surface area contributed by atoms with Gasteiger partial charge in [0.2, 0.25) is 11.9 Å². The Hall–Kier alpha value is -6.34. The lowest BCUT2D eigenvalue weighted by atomic mass is 9.91. The molecule has 2 aliphatic rings. The fraction of sp³-hybridized carbons (Fsp3) is 0.359. The van der Waals surface area contributed by atoms with Gasteiger partial charge in [-0.05, 0) is 36.1 Å². The van der Waals surface area contributed by atoms with Gasteiger partial charge in [-0.25, -0.2) is 19.6 Å². The molecule has 5 aromatic rings. The molecular formula is C39H43F3N10O6. The Kier molecular flexibility index (Phi) is 13.0. The number of hydrogen-bond acceptors (Lipinski definition) is 11. The van der Waals surface area contributed by atoms with Crippen LogP contribution in [0.5, 0.6) is 0 Å². The highest BCUT2D eigenvalue weighted by atomic mass is 19.4. The van der Waals surface area contributed by atoms with E-state index in [0.717, 1.165) is 11.1 Å². The largest absolute Gasteiger partial charge is 0.490 e. The van der Waals surface area contributed by atoms with Gasteiger partial charge in [0.05, 0.1) is 18.4 Å². The van der Waals surface area contributed by atoms with E-state index in [-0.39, 0.29) is 30.3 Å². The van der Waals surface area contributed by atoms with Crippen LogP contribution in [-0.2, 0) is 9.59 Å². The van der Waals surface area contributed by atoms with Gasteiger partial charge in [-0.3, -0.25) is 10.1 Å². The van der Waals surface area contributed by atoms with E-state index in [2.05, 4.69) is 50.5 Å². The molecule has 7 rings (SSSR count). The van der Waals surface area contributed by atoms with Crippen LogP contribution in [0.3, 0.4) is 0 Å². The van der Waals surface area contributed by atoms with Crippen LogP contribution in [0.25, 0.3) is 11.2 Å². The number of aliphatic hydroxyl groups is 2. The predicted octanol–water partition coefficient (Wildman–Crippen LogP) is 4.06. The molecule has 1 saturated carbocycles. The summed E-state index contributed by atoms with van der Waals surface area (Å²) in [6.07, 6.45) is -2.92. The highest BCUT2D eigenvalue weighted by Crippen LogP contribution is 2.35. The Balaban J connectivity index is 0.000000743. The maximum absolute atomic E-state index is 12.7. The highest BCUT2D eigenvalue weighted by molar-refractivity contribution is 5.88. The molecule has 1 aliphatic heterocycles. The third-order valence-electron chi connectivity index (χ3n) is 9.92. The molecule has 1 saturated heterocycles. The summed E-state index contributed by atoms with van der Waals surface area (Å²) in [7, 11) is 0. The quantitative estimate of drug-likeness (QED) is 0.101. The number of pyridine rings is 1. The first kappa shape index (κ1) is 41.3. The Labute approximate surface area is 330 Å². The van der Waals surface area contributed by atoms with Crippen molar-refractivity contribution < 1.29 is 42.9 Å². The molecule has 5 atom stereocenters. The van der Waals surface area contributed by atoms with Crippen LogP contribution >= 0.6 is 0 Å². The summed E-state index contributed by atoms with van der Waals surface area (Å²) < 4.78 is 33.5. The van der Waals surface area contributed by atoms with E-state index in [4.69, 9.17) is 24.9 Å². The molecule has 16 nitrogen and oxygen atoms in total. The van der Waals surface area contributed by atoms with Crippen molar-refractivity contribution in [2.75, 3.05) is 35.2 Å². The fourth-order valence-electron chi connectivity index (χ4n) is 6.98. The summed E-state index contributed by atoms with van der Waals surface area (Å²) in [5.41, 5.74) is 3.30. The number of aliphatic carboxylic acids is 1. The molecule has 4 heterocycles. The third-order valence-corrected chi connectivity index (χ3v) is 9.92. The minimum atomic E-state index is -5.08. The van der Waals surface area contributed by atoms with Gasteiger partial charge in [-0.15, -0.1) is 0 Å². The number of halogens is 3. The van der Waals surface area contributed by atoms with Gasteiger partial charge in [0.25, 0.3) is 0 Å².